The normalized spacial score (nSPS) is 27.0. The zero-order valence-corrected chi connectivity index (χ0v) is 12.6. The first-order valence-corrected chi connectivity index (χ1v) is 8.47. The molecule has 0 saturated carbocycles. The standard InChI is InChI=1S/C16H15NO4S/c1-2-16(19)17-12-8-9-14(18)13(17)10-15(12)22(20,21)11-6-4-3-5-7-11/h2-9,12-13,15H,1,10H2/t12-,13-,15+/m1/s1. The van der Waals surface area contributed by atoms with E-state index in [1.807, 2.05) is 0 Å². The molecular weight excluding hydrogens is 302 g/mol. The second-order valence-electron chi connectivity index (χ2n) is 5.35. The van der Waals surface area contributed by atoms with Crippen molar-refractivity contribution in [3.63, 3.8) is 0 Å². The highest BCUT2D eigenvalue weighted by atomic mass is 32.2. The summed E-state index contributed by atoms with van der Waals surface area (Å²) in [6.45, 7) is 3.43. The third kappa shape index (κ3) is 2.11. The molecule has 3 rings (SSSR count). The topological polar surface area (TPSA) is 71.5 Å². The minimum Gasteiger partial charge on any atom is -0.321 e. The third-order valence-electron chi connectivity index (χ3n) is 4.18. The van der Waals surface area contributed by atoms with Gasteiger partial charge in [-0.15, -0.1) is 0 Å². The molecule has 2 heterocycles. The van der Waals surface area contributed by atoms with Gasteiger partial charge in [-0.1, -0.05) is 30.9 Å². The smallest absolute Gasteiger partial charge is 0.247 e. The Bertz CT molecular complexity index is 767. The molecule has 5 nitrogen and oxygen atoms in total. The Hall–Kier alpha value is -2.21. The number of hydrogen-bond donors (Lipinski definition) is 0. The van der Waals surface area contributed by atoms with E-state index >= 15 is 0 Å². The maximum absolute atomic E-state index is 12.8. The van der Waals surface area contributed by atoms with Crippen LogP contribution in [0, 0.1) is 0 Å². The van der Waals surface area contributed by atoms with Crippen molar-refractivity contribution in [3.8, 4) is 0 Å². The molecular formula is C16H15NO4S. The minimum atomic E-state index is -3.62. The Morgan fingerprint density at radius 2 is 1.95 bits per heavy atom. The molecule has 0 unspecified atom stereocenters. The predicted molar refractivity (Wildman–Crippen MR) is 80.8 cm³/mol. The van der Waals surface area contributed by atoms with Crippen molar-refractivity contribution in [2.24, 2.45) is 0 Å². The van der Waals surface area contributed by atoms with Gasteiger partial charge in [-0.2, -0.15) is 0 Å². The highest BCUT2D eigenvalue weighted by molar-refractivity contribution is 7.92. The summed E-state index contributed by atoms with van der Waals surface area (Å²) >= 11 is 0. The van der Waals surface area contributed by atoms with Crippen LogP contribution in [0.4, 0.5) is 0 Å². The molecule has 1 fully saturated rings. The van der Waals surface area contributed by atoms with Crippen LogP contribution in [0.3, 0.4) is 0 Å². The molecule has 0 N–H and O–H groups in total. The van der Waals surface area contributed by atoms with Gasteiger partial charge in [0.15, 0.2) is 15.6 Å². The minimum absolute atomic E-state index is 0.118. The summed E-state index contributed by atoms with van der Waals surface area (Å²) in [5, 5.41) is -0.813. The van der Waals surface area contributed by atoms with Gasteiger partial charge in [-0.05, 0) is 30.7 Å². The van der Waals surface area contributed by atoms with E-state index in [0.29, 0.717) is 0 Å². The summed E-state index contributed by atoms with van der Waals surface area (Å²) in [5.74, 6) is -0.657. The third-order valence-corrected chi connectivity index (χ3v) is 6.38. The van der Waals surface area contributed by atoms with E-state index in [1.54, 1.807) is 18.2 Å². The summed E-state index contributed by atoms with van der Waals surface area (Å²) in [7, 11) is -3.62. The number of nitrogens with zero attached hydrogens (tertiary/aromatic N) is 1. The number of ketones is 1. The van der Waals surface area contributed by atoms with Crippen molar-refractivity contribution >= 4 is 21.5 Å². The predicted octanol–water partition coefficient (Wildman–Crippen LogP) is 1.12. The molecule has 1 aromatic carbocycles. The number of hydrogen-bond acceptors (Lipinski definition) is 4. The van der Waals surface area contributed by atoms with Crippen molar-refractivity contribution in [2.75, 3.05) is 0 Å². The van der Waals surface area contributed by atoms with Crippen LogP contribution in [0.15, 0.2) is 60.0 Å². The van der Waals surface area contributed by atoms with Crippen LogP contribution in [0.25, 0.3) is 0 Å². The SMILES string of the molecule is C=CC(=O)N1[C@@H]2C[C@H](S(=O)(=O)c3ccccc3)[C@H]1C=CC2=O. The fraction of sp³-hybridized carbons (Fsp3) is 0.250. The molecule has 2 aliphatic heterocycles. The number of amides is 1. The van der Waals surface area contributed by atoms with Crippen LogP contribution in [-0.4, -0.2) is 42.3 Å². The largest absolute Gasteiger partial charge is 0.321 e. The zero-order valence-electron chi connectivity index (χ0n) is 11.8. The van der Waals surface area contributed by atoms with Gasteiger partial charge in [-0.3, -0.25) is 9.59 Å². The quantitative estimate of drug-likeness (QED) is 0.783. The van der Waals surface area contributed by atoms with Gasteiger partial charge in [0.05, 0.1) is 22.2 Å². The molecule has 114 valence electrons. The van der Waals surface area contributed by atoms with E-state index in [9.17, 15) is 18.0 Å². The molecule has 6 heteroatoms. The maximum atomic E-state index is 12.8. The van der Waals surface area contributed by atoms with Gasteiger partial charge in [0.1, 0.15) is 0 Å². The molecule has 1 amide bonds. The van der Waals surface area contributed by atoms with Gasteiger partial charge in [0.25, 0.3) is 0 Å². The van der Waals surface area contributed by atoms with E-state index in [4.69, 9.17) is 0 Å². The number of sulfone groups is 1. The molecule has 1 aromatic rings. The summed E-state index contributed by atoms with van der Waals surface area (Å²) < 4.78 is 25.7. The zero-order chi connectivity index (χ0) is 15.9. The highest BCUT2D eigenvalue weighted by Crippen LogP contribution is 2.37. The second kappa shape index (κ2) is 5.21. The fourth-order valence-corrected chi connectivity index (χ4v) is 5.05. The van der Waals surface area contributed by atoms with Gasteiger partial charge in [-0.25, -0.2) is 8.42 Å². The van der Waals surface area contributed by atoms with Crippen molar-refractivity contribution in [2.45, 2.75) is 28.6 Å². The van der Waals surface area contributed by atoms with Crippen LogP contribution in [0.2, 0.25) is 0 Å². The number of carbonyl (C=O) groups is 2. The van der Waals surface area contributed by atoms with Crippen molar-refractivity contribution in [1.82, 2.24) is 4.90 Å². The summed E-state index contributed by atoms with van der Waals surface area (Å²) in [6, 6.07) is 6.76. The first kappa shape index (κ1) is 14.7. The summed E-state index contributed by atoms with van der Waals surface area (Å²) in [4.78, 5) is 25.5. The van der Waals surface area contributed by atoms with Crippen LogP contribution in [0.1, 0.15) is 6.42 Å². The van der Waals surface area contributed by atoms with Gasteiger partial charge >= 0.3 is 0 Å². The Kier molecular flexibility index (Phi) is 3.48. The monoisotopic (exact) mass is 317 g/mol. The molecule has 2 bridgehead atoms. The van der Waals surface area contributed by atoms with Gasteiger partial charge < -0.3 is 4.90 Å². The Morgan fingerprint density at radius 3 is 2.59 bits per heavy atom. The summed E-state index contributed by atoms with van der Waals surface area (Å²) in [6.07, 6.45) is 4.12. The van der Waals surface area contributed by atoms with Crippen LogP contribution in [0.5, 0.6) is 0 Å². The average Bonchev–Trinajstić information content (AvgIpc) is 2.84. The van der Waals surface area contributed by atoms with E-state index < -0.39 is 33.1 Å². The maximum Gasteiger partial charge on any atom is 0.247 e. The number of fused-ring (bicyclic) bond motifs is 2. The molecule has 22 heavy (non-hydrogen) atoms. The highest BCUT2D eigenvalue weighted by Gasteiger charge is 2.52. The first-order chi connectivity index (χ1) is 10.5. The molecule has 0 radical (unpaired) electrons. The van der Waals surface area contributed by atoms with E-state index in [-0.39, 0.29) is 17.1 Å². The van der Waals surface area contributed by atoms with Gasteiger partial charge in [0, 0.05) is 0 Å². The Morgan fingerprint density at radius 1 is 1.27 bits per heavy atom. The van der Waals surface area contributed by atoms with Crippen LogP contribution < -0.4 is 0 Å². The van der Waals surface area contributed by atoms with Crippen molar-refractivity contribution in [3.05, 3.63) is 55.1 Å². The molecule has 0 aromatic heterocycles. The fourth-order valence-electron chi connectivity index (χ4n) is 3.14. The second-order valence-corrected chi connectivity index (χ2v) is 7.52. The molecule has 2 aliphatic rings. The Labute approximate surface area is 128 Å². The number of rotatable bonds is 3. The molecule has 1 saturated heterocycles. The molecule has 0 spiro atoms. The van der Waals surface area contributed by atoms with E-state index in [0.717, 1.165) is 6.08 Å². The van der Waals surface area contributed by atoms with Gasteiger partial charge in [0.2, 0.25) is 5.91 Å². The average molecular weight is 317 g/mol. The lowest BCUT2D eigenvalue weighted by Gasteiger charge is -2.30. The van der Waals surface area contributed by atoms with Crippen molar-refractivity contribution < 1.29 is 18.0 Å². The van der Waals surface area contributed by atoms with Crippen LogP contribution >= 0.6 is 0 Å². The summed E-state index contributed by atoms with van der Waals surface area (Å²) in [5.41, 5.74) is 0. The number of benzene rings is 1. The van der Waals surface area contributed by atoms with E-state index in [1.165, 1.54) is 29.2 Å². The lowest BCUT2D eigenvalue weighted by atomic mass is 10.1. The lowest BCUT2D eigenvalue weighted by Crippen LogP contribution is -2.47. The van der Waals surface area contributed by atoms with Crippen LogP contribution in [-0.2, 0) is 19.4 Å². The van der Waals surface area contributed by atoms with E-state index in [2.05, 4.69) is 6.58 Å². The van der Waals surface area contributed by atoms with Crippen molar-refractivity contribution in [1.29, 1.82) is 0 Å². The lowest BCUT2D eigenvalue weighted by molar-refractivity contribution is -0.134. The molecule has 0 aliphatic carbocycles. The number of carbonyl (C=O) groups excluding carboxylic acids is 2. The Balaban J connectivity index is 2.04. The first-order valence-electron chi connectivity index (χ1n) is 6.92. The molecule has 3 atom stereocenters.